The van der Waals surface area contributed by atoms with Gasteiger partial charge in [0.15, 0.2) is 0 Å². The number of hydrogen-bond acceptors (Lipinski definition) is 3. The van der Waals surface area contributed by atoms with Gasteiger partial charge in [0.1, 0.15) is 0 Å². The highest BCUT2D eigenvalue weighted by Gasteiger charge is 2.22. The molecule has 1 heterocycles. The van der Waals surface area contributed by atoms with Crippen LogP contribution in [-0.2, 0) is 0 Å². The highest BCUT2D eigenvalue weighted by atomic mass is 15.3. The van der Waals surface area contributed by atoms with E-state index < -0.39 is 0 Å². The van der Waals surface area contributed by atoms with Gasteiger partial charge >= 0.3 is 0 Å². The van der Waals surface area contributed by atoms with Crippen molar-refractivity contribution in [1.29, 1.82) is 0 Å². The summed E-state index contributed by atoms with van der Waals surface area (Å²) < 4.78 is 0. The Bertz CT molecular complexity index is 174. The van der Waals surface area contributed by atoms with Crippen LogP contribution in [0.1, 0.15) is 33.6 Å². The number of rotatable bonds is 6. The first kappa shape index (κ1) is 13.9. The minimum Gasteiger partial charge on any atom is -0.329 e. The molecule has 1 atom stereocenters. The molecule has 1 aliphatic heterocycles. The number of nitrogens with two attached hydrogens (primary N) is 1. The maximum Gasteiger partial charge on any atom is 0.0221 e. The SMILES string of the molecule is CCCN1CCN(C(CN)CC(C)C)CC1. The summed E-state index contributed by atoms with van der Waals surface area (Å²) >= 11 is 0. The summed E-state index contributed by atoms with van der Waals surface area (Å²) in [6, 6.07) is 0.601. The second-order valence-electron chi connectivity index (χ2n) is 5.40. The summed E-state index contributed by atoms with van der Waals surface area (Å²) in [6.07, 6.45) is 2.51. The van der Waals surface area contributed by atoms with E-state index >= 15 is 0 Å². The van der Waals surface area contributed by atoms with E-state index in [4.69, 9.17) is 5.73 Å². The van der Waals surface area contributed by atoms with E-state index in [1.165, 1.54) is 45.6 Å². The van der Waals surface area contributed by atoms with Gasteiger partial charge in [-0.25, -0.2) is 0 Å². The van der Waals surface area contributed by atoms with E-state index in [1.807, 2.05) is 0 Å². The standard InChI is InChI=1S/C13H29N3/c1-4-5-15-6-8-16(9-7-15)13(11-14)10-12(2)3/h12-13H,4-11,14H2,1-3H3. The molecule has 0 spiro atoms. The lowest BCUT2D eigenvalue weighted by atomic mass is 10.0. The zero-order valence-electron chi connectivity index (χ0n) is 11.3. The molecule has 16 heavy (non-hydrogen) atoms. The van der Waals surface area contributed by atoms with E-state index in [0.717, 1.165) is 12.5 Å². The summed E-state index contributed by atoms with van der Waals surface area (Å²) in [5.74, 6) is 0.752. The highest BCUT2D eigenvalue weighted by molar-refractivity contribution is 4.79. The van der Waals surface area contributed by atoms with Crippen LogP contribution in [0.15, 0.2) is 0 Å². The van der Waals surface area contributed by atoms with E-state index in [0.29, 0.717) is 6.04 Å². The first-order chi connectivity index (χ1) is 7.67. The summed E-state index contributed by atoms with van der Waals surface area (Å²) in [4.78, 5) is 5.16. The summed E-state index contributed by atoms with van der Waals surface area (Å²) in [5, 5.41) is 0. The highest BCUT2D eigenvalue weighted by Crippen LogP contribution is 2.13. The summed E-state index contributed by atoms with van der Waals surface area (Å²) in [5.41, 5.74) is 5.89. The van der Waals surface area contributed by atoms with Crippen LogP contribution in [0.3, 0.4) is 0 Å². The minimum absolute atomic E-state index is 0.601. The van der Waals surface area contributed by atoms with E-state index in [-0.39, 0.29) is 0 Å². The molecule has 1 rings (SSSR count). The van der Waals surface area contributed by atoms with Crippen molar-refractivity contribution < 1.29 is 0 Å². The van der Waals surface area contributed by atoms with Crippen molar-refractivity contribution in [2.75, 3.05) is 39.3 Å². The van der Waals surface area contributed by atoms with Gasteiger partial charge in [0.2, 0.25) is 0 Å². The molecule has 96 valence electrons. The van der Waals surface area contributed by atoms with Crippen molar-refractivity contribution >= 4 is 0 Å². The van der Waals surface area contributed by atoms with Gasteiger partial charge in [-0.3, -0.25) is 4.90 Å². The maximum absolute atomic E-state index is 5.89. The molecule has 0 amide bonds. The fourth-order valence-corrected chi connectivity index (χ4v) is 2.61. The summed E-state index contributed by atoms with van der Waals surface area (Å²) in [7, 11) is 0. The molecule has 1 saturated heterocycles. The quantitative estimate of drug-likeness (QED) is 0.744. The van der Waals surface area contributed by atoms with Crippen LogP contribution in [0.25, 0.3) is 0 Å². The number of nitrogens with zero attached hydrogens (tertiary/aromatic N) is 2. The van der Waals surface area contributed by atoms with Crippen molar-refractivity contribution in [2.24, 2.45) is 11.7 Å². The molecule has 0 aromatic carbocycles. The zero-order valence-corrected chi connectivity index (χ0v) is 11.3. The van der Waals surface area contributed by atoms with E-state index in [1.54, 1.807) is 0 Å². The predicted molar refractivity (Wildman–Crippen MR) is 70.6 cm³/mol. The zero-order chi connectivity index (χ0) is 12.0. The fourth-order valence-electron chi connectivity index (χ4n) is 2.61. The van der Waals surface area contributed by atoms with Crippen LogP contribution >= 0.6 is 0 Å². The first-order valence-corrected chi connectivity index (χ1v) is 6.83. The van der Waals surface area contributed by atoms with Crippen LogP contribution in [0.4, 0.5) is 0 Å². The third-order valence-corrected chi connectivity index (χ3v) is 3.48. The van der Waals surface area contributed by atoms with Gasteiger partial charge in [0.25, 0.3) is 0 Å². The molecule has 1 fully saturated rings. The normalized spacial score (nSPS) is 21.6. The van der Waals surface area contributed by atoms with Crippen molar-refractivity contribution in [3.8, 4) is 0 Å². The second kappa shape index (κ2) is 7.25. The molecule has 0 saturated carbocycles. The Labute approximate surface area is 101 Å². The van der Waals surface area contributed by atoms with Crippen LogP contribution in [-0.4, -0.2) is 55.1 Å². The van der Waals surface area contributed by atoms with Crippen molar-refractivity contribution in [2.45, 2.75) is 39.7 Å². The lowest BCUT2D eigenvalue weighted by Crippen LogP contribution is -2.52. The van der Waals surface area contributed by atoms with Gasteiger partial charge in [-0.05, 0) is 25.3 Å². The van der Waals surface area contributed by atoms with Gasteiger partial charge in [0, 0.05) is 38.8 Å². The van der Waals surface area contributed by atoms with Crippen molar-refractivity contribution in [3.63, 3.8) is 0 Å². The molecule has 0 aromatic rings. The first-order valence-electron chi connectivity index (χ1n) is 6.83. The molecule has 2 N–H and O–H groups in total. The molecule has 1 unspecified atom stereocenters. The molecule has 1 aliphatic rings. The monoisotopic (exact) mass is 227 g/mol. The smallest absolute Gasteiger partial charge is 0.0221 e. The average Bonchev–Trinajstić information content (AvgIpc) is 2.27. The Hall–Kier alpha value is -0.120. The largest absolute Gasteiger partial charge is 0.329 e. The van der Waals surface area contributed by atoms with Gasteiger partial charge < -0.3 is 10.6 Å². The predicted octanol–water partition coefficient (Wildman–Crippen LogP) is 1.39. The lowest BCUT2D eigenvalue weighted by molar-refractivity contribution is 0.0897. The Kier molecular flexibility index (Phi) is 6.32. The van der Waals surface area contributed by atoms with Crippen molar-refractivity contribution in [1.82, 2.24) is 9.80 Å². The molecule has 0 radical (unpaired) electrons. The Morgan fingerprint density at radius 3 is 2.19 bits per heavy atom. The second-order valence-corrected chi connectivity index (χ2v) is 5.40. The molecule has 0 aliphatic carbocycles. The topological polar surface area (TPSA) is 32.5 Å². The third-order valence-electron chi connectivity index (χ3n) is 3.48. The Morgan fingerprint density at radius 2 is 1.75 bits per heavy atom. The third kappa shape index (κ3) is 4.40. The van der Waals surface area contributed by atoms with E-state index in [2.05, 4.69) is 30.6 Å². The molecular formula is C13H29N3. The number of hydrogen-bond donors (Lipinski definition) is 1. The molecule has 3 heteroatoms. The van der Waals surface area contributed by atoms with Crippen LogP contribution in [0.2, 0.25) is 0 Å². The van der Waals surface area contributed by atoms with Gasteiger partial charge in [-0.2, -0.15) is 0 Å². The molecule has 0 aromatic heterocycles. The van der Waals surface area contributed by atoms with Gasteiger partial charge in [-0.15, -0.1) is 0 Å². The minimum atomic E-state index is 0.601. The Morgan fingerprint density at radius 1 is 1.12 bits per heavy atom. The van der Waals surface area contributed by atoms with Crippen LogP contribution < -0.4 is 5.73 Å². The number of piperazine rings is 1. The molecular weight excluding hydrogens is 198 g/mol. The van der Waals surface area contributed by atoms with Crippen LogP contribution in [0, 0.1) is 5.92 Å². The molecule has 0 bridgehead atoms. The van der Waals surface area contributed by atoms with Gasteiger partial charge in [0.05, 0.1) is 0 Å². The van der Waals surface area contributed by atoms with Crippen molar-refractivity contribution in [3.05, 3.63) is 0 Å². The molecule has 3 nitrogen and oxygen atoms in total. The Balaban J connectivity index is 2.32. The fraction of sp³-hybridized carbons (Fsp3) is 1.00. The average molecular weight is 227 g/mol. The van der Waals surface area contributed by atoms with E-state index in [9.17, 15) is 0 Å². The maximum atomic E-state index is 5.89. The summed E-state index contributed by atoms with van der Waals surface area (Å²) in [6.45, 7) is 13.8. The lowest BCUT2D eigenvalue weighted by Gasteiger charge is -2.39. The van der Waals surface area contributed by atoms with Crippen LogP contribution in [0.5, 0.6) is 0 Å². The van der Waals surface area contributed by atoms with Gasteiger partial charge in [-0.1, -0.05) is 20.8 Å².